The van der Waals surface area contributed by atoms with Crippen molar-refractivity contribution in [2.24, 2.45) is 0 Å². The van der Waals surface area contributed by atoms with Crippen molar-refractivity contribution >= 4 is 5.91 Å². The number of rotatable bonds is 6. The highest BCUT2D eigenvalue weighted by molar-refractivity contribution is 5.92. The number of nitrogens with one attached hydrogen (secondary N) is 1. The van der Waals surface area contributed by atoms with Crippen LogP contribution in [0, 0.1) is 0 Å². The molecule has 6 heteroatoms. The molecule has 1 aromatic heterocycles. The molecule has 6 nitrogen and oxygen atoms in total. The second-order valence-electron chi connectivity index (χ2n) is 4.07. The van der Waals surface area contributed by atoms with E-state index in [2.05, 4.69) is 10.5 Å². The number of hydrogen-bond acceptors (Lipinski definition) is 5. The minimum atomic E-state index is -0.452. The first-order valence-electron chi connectivity index (χ1n) is 5.46. The molecule has 2 atom stereocenters. The molecule has 0 saturated heterocycles. The summed E-state index contributed by atoms with van der Waals surface area (Å²) in [5, 5.41) is 15.5. The maximum absolute atomic E-state index is 11.7. The fourth-order valence-corrected chi connectivity index (χ4v) is 1.50. The zero-order chi connectivity index (χ0) is 12.8. The third kappa shape index (κ3) is 4.54. The summed E-state index contributed by atoms with van der Waals surface area (Å²) in [7, 11) is 1.53. The third-order valence-corrected chi connectivity index (χ3v) is 2.15. The maximum atomic E-state index is 11.7. The van der Waals surface area contributed by atoms with Crippen LogP contribution in [0.5, 0.6) is 0 Å². The first-order chi connectivity index (χ1) is 8.02. The Kier molecular flexibility index (Phi) is 5.11. The minimum Gasteiger partial charge on any atom is -0.393 e. The number of carbonyl (C=O) groups is 1. The van der Waals surface area contributed by atoms with Gasteiger partial charge in [-0.05, 0) is 20.3 Å². The topological polar surface area (TPSA) is 84.6 Å². The summed E-state index contributed by atoms with van der Waals surface area (Å²) in [5.41, 5.74) is 0.217. The van der Waals surface area contributed by atoms with E-state index in [0.29, 0.717) is 12.2 Å². The van der Waals surface area contributed by atoms with Crippen molar-refractivity contribution in [3.05, 3.63) is 17.5 Å². The number of hydrogen-bond donors (Lipinski definition) is 2. The lowest BCUT2D eigenvalue weighted by Crippen LogP contribution is -2.34. The molecular formula is C11H18N2O4. The van der Waals surface area contributed by atoms with E-state index in [9.17, 15) is 9.90 Å². The summed E-state index contributed by atoms with van der Waals surface area (Å²) in [6, 6.07) is 1.42. The molecule has 0 aromatic carbocycles. The van der Waals surface area contributed by atoms with Crippen LogP contribution in [0.25, 0.3) is 0 Å². The van der Waals surface area contributed by atoms with Crippen LogP contribution < -0.4 is 5.32 Å². The van der Waals surface area contributed by atoms with Crippen molar-refractivity contribution in [1.29, 1.82) is 0 Å². The SMILES string of the molecule is COCc1cc(C(=O)NC(C)CC(C)O)no1. The van der Waals surface area contributed by atoms with Gasteiger partial charge in [0, 0.05) is 19.2 Å². The molecule has 0 aliphatic carbocycles. The summed E-state index contributed by atoms with van der Waals surface area (Å²) in [5.74, 6) is 0.185. The van der Waals surface area contributed by atoms with Crippen molar-refractivity contribution in [3.63, 3.8) is 0 Å². The Bertz CT molecular complexity index is 362. The van der Waals surface area contributed by atoms with Crippen LogP contribution in [0.15, 0.2) is 10.6 Å². The average molecular weight is 242 g/mol. The van der Waals surface area contributed by atoms with Gasteiger partial charge in [0.2, 0.25) is 0 Å². The van der Waals surface area contributed by atoms with E-state index < -0.39 is 6.10 Å². The largest absolute Gasteiger partial charge is 0.393 e. The lowest BCUT2D eigenvalue weighted by Gasteiger charge is -2.14. The van der Waals surface area contributed by atoms with Crippen molar-refractivity contribution in [3.8, 4) is 0 Å². The van der Waals surface area contributed by atoms with E-state index in [4.69, 9.17) is 9.26 Å². The zero-order valence-corrected chi connectivity index (χ0v) is 10.3. The molecule has 1 amide bonds. The maximum Gasteiger partial charge on any atom is 0.273 e. The monoisotopic (exact) mass is 242 g/mol. The normalized spacial score (nSPS) is 14.4. The first kappa shape index (κ1) is 13.7. The van der Waals surface area contributed by atoms with Gasteiger partial charge in [-0.3, -0.25) is 4.79 Å². The van der Waals surface area contributed by atoms with Crippen LogP contribution in [0.2, 0.25) is 0 Å². The second-order valence-corrected chi connectivity index (χ2v) is 4.07. The Morgan fingerprint density at radius 1 is 1.65 bits per heavy atom. The van der Waals surface area contributed by atoms with Crippen LogP contribution >= 0.6 is 0 Å². The van der Waals surface area contributed by atoms with Crippen molar-refractivity contribution < 1.29 is 19.2 Å². The van der Waals surface area contributed by atoms with E-state index in [1.807, 2.05) is 6.92 Å². The predicted molar refractivity (Wildman–Crippen MR) is 60.4 cm³/mol. The highest BCUT2D eigenvalue weighted by atomic mass is 16.5. The number of aromatic nitrogens is 1. The summed E-state index contributed by atoms with van der Waals surface area (Å²) in [4.78, 5) is 11.7. The molecular weight excluding hydrogens is 224 g/mol. The van der Waals surface area contributed by atoms with Gasteiger partial charge in [0.05, 0.1) is 6.10 Å². The lowest BCUT2D eigenvalue weighted by molar-refractivity contribution is 0.0913. The van der Waals surface area contributed by atoms with Gasteiger partial charge in [0.25, 0.3) is 5.91 Å². The summed E-state index contributed by atoms with van der Waals surface area (Å²) in [6.45, 7) is 3.78. The summed E-state index contributed by atoms with van der Waals surface area (Å²) in [6.07, 6.45) is 0.0424. The number of aliphatic hydroxyl groups excluding tert-OH is 1. The highest BCUT2D eigenvalue weighted by Crippen LogP contribution is 2.05. The molecule has 0 aliphatic rings. The number of ether oxygens (including phenoxy) is 1. The summed E-state index contributed by atoms with van der Waals surface area (Å²) < 4.78 is 9.76. The van der Waals surface area contributed by atoms with E-state index in [1.54, 1.807) is 6.92 Å². The Labute approximate surface area is 99.9 Å². The van der Waals surface area contributed by atoms with Gasteiger partial charge in [-0.25, -0.2) is 0 Å². The van der Waals surface area contributed by atoms with Gasteiger partial charge in [-0.2, -0.15) is 0 Å². The molecule has 96 valence electrons. The van der Waals surface area contributed by atoms with Crippen molar-refractivity contribution in [2.45, 2.75) is 39.0 Å². The van der Waals surface area contributed by atoms with Gasteiger partial charge in [0.1, 0.15) is 6.61 Å². The van der Waals surface area contributed by atoms with E-state index >= 15 is 0 Å². The number of aliphatic hydroxyl groups is 1. The minimum absolute atomic E-state index is 0.120. The number of methoxy groups -OCH3 is 1. The number of carbonyl (C=O) groups excluding carboxylic acids is 1. The number of nitrogens with zero attached hydrogens (tertiary/aromatic N) is 1. The Balaban J connectivity index is 2.51. The molecule has 1 aromatic rings. The van der Waals surface area contributed by atoms with Gasteiger partial charge in [0.15, 0.2) is 11.5 Å². The predicted octanol–water partition coefficient (Wildman–Crippen LogP) is 0.710. The quantitative estimate of drug-likeness (QED) is 0.767. The molecule has 17 heavy (non-hydrogen) atoms. The molecule has 0 spiro atoms. The molecule has 2 N–H and O–H groups in total. The Morgan fingerprint density at radius 2 is 2.35 bits per heavy atom. The molecule has 0 saturated carbocycles. The van der Waals surface area contributed by atoms with Gasteiger partial charge in [-0.15, -0.1) is 0 Å². The van der Waals surface area contributed by atoms with Crippen LogP contribution in [0.1, 0.15) is 36.5 Å². The standard InChI is InChI=1S/C11H18N2O4/c1-7(4-8(2)14)12-11(15)10-5-9(6-16-3)17-13-10/h5,7-8,14H,4,6H2,1-3H3,(H,12,15). The molecule has 1 rings (SSSR count). The van der Waals surface area contributed by atoms with Crippen LogP contribution in [-0.4, -0.2) is 35.4 Å². The Hall–Kier alpha value is -1.40. The fraction of sp³-hybridized carbons (Fsp3) is 0.636. The van der Waals surface area contributed by atoms with Gasteiger partial charge >= 0.3 is 0 Å². The molecule has 2 unspecified atom stereocenters. The van der Waals surface area contributed by atoms with Crippen molar-refractivity contribution in [2.75, 3.05) is 7.11 Å². The lowest BCUT2D eigenvalue weighted by atomic mass is 10.1. The first-order valence-corrected chi connectivity index (χ1v) is 5.46. The van der Waals surface area contributed by atoms with Crippen LogP contribution in [0.4, 0.5) is 0 Å². The number of amides is 1. The van der Waals surface area contributed by atoms with Crippen molar-refractivity contribution in [1.82, 2.24) is 10.5 Å². The third-order valence-electron chi connectivity index (χ3n) is 2.15. The molecule has 0 aliphatic heterocycles. The van der Waals surface area contributed by atoms with E-state index in [0.717, 1.165) is 0 Å². The zero-order valence-electron chi connectivity index (χ0n) is 10.3. The summed E-state index contributed by atoms with van der Waals surface area (Å²) >= 11 is 0. The van der Waals surface area contributed by atoms with Crippen LogP contribution in [-0.2, 0) is 11.3 Å². The Morgan fingerprint density at radius 3 is 2.94 bits per heavy atom. The smallest absolute Gasteiger partial charge is 0.273 e. The van der Waals surface area contributed by atoms with Gasteiger partial charge < -0.3 is 19.7 Å². The second kappa shape index (κ2) is 6.36. The van der Waals surface area contributed by atoms with Crippen LogP contribution in [0.3, 0.4) is 0 Å². The molecule has 0 fully saturated rings. The van der Waals surface area contributed by atoms with Gasteiger partial charge in [-0.1, -0.05) is 5.16 Å². The molecule has 0 radical (unpaired) electrons. The molecule has 1 heterocycles. The molecule has 0 bridgehead atoms. The highest BCUT2D eigenvalue weighted by Gasteiger charge is 2.15. The average Bonchev–Trinajstić information content (AvgIpc) is 2.65. The van der Waals surface area contributed by atoms with E-state index in [-0.39, 0.29) is 24.2 Å². The van der Waals surface area contributed by atoms with E-state index in [1.165, 1.54) is 13.2 Å². The fourth-order valence-electron chi connectivity index (χ4n) is 1.50.